The fourth-order valence-corrected chi connectivity index (χ4v) is 3.25. The number of halogens is 1. The average molecular weight is 383 g/mol. The number of ether oxygens (including phenoxy) is 1. The van der Waals surface area contributed by atoms with Crippen molar-refractivity contribution in [2.24, 2.45) is 0 Å². The second kappa shape index (κ2) is 6.85. The highest BCUT2D eigenvalue weighted by Gasteiger charge is 2.32. The van der Waals surface area contributed by atoms with Crippen molar-refractivity contribution in [3.63, 3.8) is 0 Å². The van der Waals surface area contributed by atoms with Crippen LogP contribution in [0, 0.1) is 17.0 Å². The highest BCUT2D eigenvalue weighted by Crippen LogP contribution is 2.42. The Morgan fingerprint density at radius 1 is 1.22 bits per heavy atom. The van der Waals surface area contributed by atoms with Crippen LogP contribution in [0.4, 0.5) is 17.2 Å². The second-order valence-electron chi connectivity index (χ2n) is 6.15. The third-order valence-corrected chi connectivity index (χ3v) is 4.86. The molecule has 0 spiro atoms. The van der Waals surface area contributed by atoms with E-state index in [1.807, 2.05) is 36.1 Å². The van der Waals surface area contributed by atoms with E-state index in [-0.39, 0.29) is 17.4 Å². The van der Waals surface area contributed by atoms with Crippen LogP contribution < -0.4 is 9.64 Å². The van der Waals surface area contributed by atoms with Crippen LogP contribution in [-0.2, 0) is 6.42 Å². The molecule has 4 rings (SSSR count). The van der Waals surface area contributed by atoms with Gasteiger partial charge in [0.05, 0.1) is 4.92 Å². The zero-order chi connectivity index (χ0) is 19.0. The number of rotatable bonds is 4. The summed E-state index contributed by atoms with van der Waals surface area (Å²) in [6, 6.07) is 12.8. The van der Waals surface area contributed by atoms with Gasteiger partial charge < -0.3 is 9.64 Å². The van der Waals surface area contributed by atoms with Gasteiger partial charge in [-0.2, -0.15) is 4.98 Å². The number of hydrogen-bond acceptors (Lipinski definition) is 6. The lowest BCUT2D eigenvalue weighted by atomic mass is 10.2. The largest absolute Gasteiger partial charge is 0.434 e. The zero-order valence-electron chi connectivity index (χ0n) is 14.4. The minimum absolute atomic E-state index is 0.101. The molecule has 3 aromatic rings. The van der Waals surface area contributed by atoms with E-state index in [4.69, 9.17) is 16.3 Å². The maximum atomic E-state index is 11.8. The minimum Gasteiger partial charge on any atom is -0.434 e. The Hall–Kier alpha value is -3.19. The fraction of sp³-hybridized carbons (Fsp3) is 0.158. The number of nitrogens with zero attached hydrogens (tertiary/aromatic N) is 4. The lowest BCUT2D eigenvalue weighted by molar-refractivity contribution is -0.385. The SMILES string of the molecule is Cc1cc(Oc2ncnc(N3CCc4ccccc43)c2[N+](=O)[O-])ccc1Cl. The number of hydrogen-bond donors (Lipinski definition) is 0. The number of nitro groups is 1. The molecule has 0 fully saturated rings. The van der Waals surface area contributed by atoms with Crippen LogP contribution in [0.1, 0.15) is 11.1 Å². The van der Waals surface area contributed by atoms with Gasteiger partial charge in [0.1, 0.15) is 12.1 Å². The monoisotopic (exact) mass is 382 g/mol. The molecule has 2 aromatic carbocycles. The Bertz CT molecular complexity index is 1040. The molecule has 0 N–H and O–H groups in total. The summed E-state index contributed by atoms with van der Waals surface area (Å²) in [6.45, 7) is 2.44. The summed E-state index contributed by atoms with van der Waals surface area (Å²) in [5.41, 5.74) is 2.58. The molecule has 8 heteroatoms. The van der Waals surface area contributed by atoms with Crippen LogP contribution in [0.5, 0.6) is 11.6 Å². The first kappa shape index (κ1) is 17.2. The third kappa shape index (κ3) is 3.17. The molecule has 0 amide bonds. The molecule has 0 unspecified atom stereocenters. The van der Waals surface area contributed by atoms with Crippen LogP contribution in [0.15, 0.2) is 48.8 Å². The Morgan fingerprint density at radius 2 is 2.04 bits per heavy atom. The number of aryl methyl sites for hydroxylation is 1. The molecule has 27 heavy (non-hydrogen) atoms. The van der Waals surface area contributed by atoms with Gasteiger partial charge in [-0.15, -0.1) is 0 Å². The summed E-state index contributed by atoms with van der Waals surface area (Å²) in [5, 5.41) is 12.4. The predicted molar refractivity (Wildman–Crippen MR) is 102 cm³/mol. The molecule has 0 saturated heterocycles. The summed E-state index contributed by atoms with van der Waals surface area (Å²) >= 11 is 6.03. The Balaban J connectivity index is 1.77. The van der Waals surface area contributed by atoms with Gasteiger partial charge in [0.2, 0.25) is 5.82 Å². The predicted octanol–water partition coefficient (Wildman–Crippen LogP) is 4.83. The minimum atomic E-state index is -0.506. The summed E-state index contributed by atoms with van der Waals surface area (Å²) in [4.78, 5) is 21.3. The number of aromatic nitrogens is 2. The van der Waals surface area contributed by atoms with Crippen molar-refractivity contribution >= 4 is 28.8 Å². The van der Waals surface area contributed by atoms with Gasteiger partial charge in [0, 0.05) is 17.3 Å². The number of anilines is 2. The van der Waals surface area contributed by atoms with Crippen molar-refractivity contribution in [1.82, 2.24) is 9.97 Å². The molecule has 1 aromatic heterocycles. The maximum absolute atomic E-state index is 11.8. The lowest BCUT2D eigenvalue weighted by Gasteiger charge is -2.18. The van der Waals surface area contributed by atoms with E-state index in [0.29, 0.717) is 17.3 Å². The molecule has 0 saturated carbocycles. The Morgan fingerprint density at radius 3 is 2.81 bits per heavy atom. The summed E-state index contributed by atoms with van der Waals surface area (Å²) < 4.78 is 5.72. The molecule has 0 bridgehead atoms. The van der Waals surface area contributed by atoms with Gasteiger partial charge in [-0.25, -0.2) is 4.98 Å². The molecule has 0 aliphatic carbocycles. The summed E-state index contributed by atoms with van der Waals surface area (Å²) in [7, 11) is 0. The van der Waals surface area contributed by atoms with Crippen molar-refractivity contribution in [1.29, 1.82) is 0 Å². The average Bonchev–Trinajstić information content (AvgIpc) is 3.08. The molecule has 7 nitrogen and oxygen atoms in total. The van der Waals surface area contributed by atoms with Crippen molar-refractivity contribution in [2.75, 3.05) is 11.4 Å². The van der Waals surface area contributed by atoms with E-state index in [0.717, 1.165) is 23.2 Å². The molecule has 136 valence electrons. The Kier molecular flexibility index (Phi) is 4.37. The summed E-state index contributed by atoms with van der Waals surface area (Å²) in [6.07, 6.45) is 2.07. The Labute approximate surface area is 160 Å². The quantitative estimate of drug-likeness (QED) is 0.474. The summed E-state index contributed by atoms with van der Waals surface area (Å²) in [5.74, 6) is 0.545. The van der Waals surface area contributed by atoms with Crippen molar-refractivity contribution in [2.45, 2.75) is 13.3 Å². The molecular weight excluding hydrogens is 368 g/mol. The van der Waals surface area contributed by atoms with Crippen LogP contribution in [-0.4, -0.2) is 21.4 Å². The first-order valence-corrected chi connectivity index (χ1v) is 8.71. The molecular formula is C19H15ClN4O3. The van der Waals surface area contributed by atoms with Gasteiger partial charge in [0.15, 0.2) is 0 Å². The lowest BCUT2D eigenvalue weighted by Crippen LogP contribution is -2.17. The van der Waals surface area contributed by atoms with Crippen molar-refractivity contribution < 1.29 is 9.66 Å². The molecule has 0 atom stereocenters. The second-order valence-corrected chi connectivity index (χ2v) is 6.56. The van der Waals surface area contributed by atoms with Gasteiger partial charge >= 0.3 is 11.6 Å². The van der Waals surface area contributed by atoms with Gasteiger partial charge in [0.25, 0.3) is 0 Å². The number of benzene rings is 2. The zero-order valence-corrected chi connectivity index (χ0v) is 15.2. The van der Waals surface area contributed by atoms with E-state index in [1.54, 1.807) is 18.2 Å². The van der Waals surface area contributed by atoms with Gasteiger partial charge in [-0.1, -0.05) is 29.8 Å². The van der Waals surface area contributed by atoms with Gasteiger partial charge in [-0.05, 0) is 48.7 Å². The van der Waals surface area contributed by atoms with Crippen LogP contribution in [0.25, 0.3) is 0 Å². The van der Waals surface area contributed by atoms with Gasteiger partial charge in [-0.3, -0.25) is 10.1 Å². The fourth-order valence-electron chi connectivity index (χ4n) is 3.14. The number of para-hydroxylation sites is 1. The van der Waals surface area contributed by atoms with Crippen molar-refractivity contribution in [3.05, 3.63) is 75.1 Å². The first-order chi connectivity index (χ1) is 13.0. The maximum Gasteiger partial charge on any atom is 0.373 e. The van der Waals surface area contributed by atoms with Crippen LogP contribution >= 0.6 is 11.6 Å². The highest BCUT2D eigenvalue weighted by atomic mass is 35.5. The van der Waals surface area contributed by atoms with E-state index in [1.165, 1.54) is 6.33 Å². The first-order valence-electron chi connectivity index (χ1n) is 8.33. The van der Waals surface area contributed by atoms with Crippen molar-refractivity contribution in [3.8, 4) is 11.6 Å². The van der Waals surface area contributed by atoms with E-state index >= 15 is 0 Å². The highest BCUT2D eigenvalue weighted by molar-refractivity contribution is 6.31. The van der Waals surface area contributed by atoms with Crippen LogP contribution in [0.2, 0.25) is 5.02 Å². The van der Waals surface area contributed by atoms with E-state index in [2.05, 4.69) is 9.97 Å². The van der Waals surface area contributed by atoms with E-state index < -0.39 is 4.92 Å². The topological polar surface area (TPSA) is 81.4 Å². The normalized spacial score (nSPS) is 12.7. The number of fused-ring (bicyclic) bond motifs is 1. The van der Waals surface area contributed by atoms with Crippen LogP contribution in [0.3, 0.4) is 0 Å². The molecule has 0 radical (unpaired) electrons. The third-order valence-electron chi connectivity index (χ3n) is 4.44. The molecule has 1 aliphatic rings. The molecule has 1 aliphatic heterocycles. The van der Waals surface area contributed by atoms with E-state index in [9.17, 15) is 10.1 Å². The smallest absolute Gasteiger partial charge is 0.373 e. The molecule has 2 heterocycles. The standard InChI is InChI=1S/C19H15ClN4O3/c1-12-10-14(6-7-15(12)20)27-19-17(24(25)26)18(21-11-22-19)23-9-8-13-4-2-3-5-16(13)23/h2-7,10-11H,8-9H2,1H3.